The van der Waals surface area contributed by atoms with E-state index in [0.29, 0.717) is 10.8 Å². The average molecular weight is 412 g/mol. The Kier molecular flexibility index (Phi) is 4.23. The first-order valence-corrected chi connectivity index (χ1v) is 11.0. The SMILES string of the molecule is O=C(Nc1nc(-c2ccc3c(c2)CCO3)cs1)c1csc(-c2ccsc2)n1. The summed E-state index contributed by atoms with van der Waals surface area (Å²) in [6.07, 6.45) is 0.924. The fourth-order valence-electron chi connectivity index (χ4n) is 2.87. The van der Waals surface area contributed by atoms with E-state index >= 15 is 0 Å². The molecule has 4 heterocycles. The van der Waals surface area contributed by atoms with Gasteiger partial charge in [-0.1, -0.05) is 0 Å². The number of carbonyl (C=O) groups excluding carboxylic acids is 1. The first-order chi connectivity index (χ1) is 13.3. The van der Waals surface area contributed by atoms with Crippen LogP contribution in [0.2, 0.25) is 0 Å². The molecule has 0 fully saturated rings. The molecule has 1 aliphatic rings. The molecule has 0 spiro atoms. The van der Waals surface area contributed by atoms with E-state index < -0.39 is 0 Å². The van der Waals surface area contributed by atoms with Crippen molar-refractivity contribution in [2.75, 3.05) is 11.9 Å². The number of aromatic nitrogens is 2. The van der Waals surface area contributed by atoms with Crippen LogP contribution in [-0.2, 0) is 6.42 Å². The lowest BCUT2D eigenvalue weighted by Crippen LogP contribution is -2.12. The standard InChI is InChI=1S/C19H13N3O2S3/c23-17(15-10-26-18(20-15)13-4-6-25-8-13)22-19-21-14(9-27-19)11-1-2-16-12(7-11)3-5-24-16/h1-2,4,6-10H,3,5H2,(H,21,22,23). The molecular weight excluding hydrogens is 398 g/mol. The molecule has 1 amide bonds. The zero-order valence-corrected chi connectivity index (χ0v) is 16.4. The van der Waals surface area contributed by atoms with Crippen LogP contribution in [-0.4, -0.2) is 22.5 Å². The van der Waals surface area contributed by atoms with Gasteiger partial charge in [0, 0.05) is 33.7 Å². The number of carbonyl (C=O) groups is 1. The zero-order valence-electron chi connectivity index (χ0n) is 14.0. The molecule has 0 unspecified atom stereocenters. The van der Waals surface area contributed by atoms with Gasteiger partial charge in [-0.2, -0.15) is 11.3 Å². The molecule has 1 N–H and O–H groups in total. The van der Waals surface area contributed by atoms with Gasteiger partial charge in [-0.25, -0.2) is 9.97 Å². The van der Waals surface area contributed by atoms with Crippen molar-refractivity contribution < 1.29 is 9.53 Å². The number of ether oxygens (including phenoxy) is 1. The van der Waals surface area contributed by atoms with Gasteiger partial charge in [-0.05, 0) is 35.2 Å². The maximum absolute atomic E-state index is 12.5. The zero-order chi connectivity index (χ0) is 18.2. The van der Waals surface area contributed by atoms with E-state index in [0.717, 1.165) is 40.6 Å². The van der Waals surface area contributed by atoms with Crippen LogP contribution in [0.25, 0.3) is 21.8 Å². The predicted octanol–water partition coefficient (Wildman–Crippen LogP) is 5.18. The van der Waals surface area contributed by atoms with Gasteiger partial charge in [0.2, 0.25) is 0 Å². The Morgan fingerprint density at radius 2 is 2.04 bits per heavy atom. The molecule has 0 saturated heterocycles. The maximum Gasteiger partial charge on any atom is 0.276 e. The van der Waals surface area contributed by atoms with Crippen LogP contribution in [0.5, 0.6) is 5.75 Å². The molecule has 5 rings (SSSR count). The summed E-state index contributed by atoms with van der Waals surface area (Å²) in [6.45, 7) is 0.734. The van der Waals surface area contributed by atoms with Crippen LogP contribution in [0.4, 0.5) is 5.13 Å². The number of benzene rings is 1. The van der Waals surface area contributed by atoms with E-state index in [-0.39, 0.29) is 5.91 Å². The number of nitrogens with one attached hydrogen (secondary N) is 1. The van der Waals surface area contributed by atoms with Crippen molar-refractivity contribution in [1.29, 1.82) is 0 Å². The number of rotatable bonds is 4. The molecule has 4 aromatic rings. The van der Waals surface area contributed by atoms with Gasteiger partial charge in [0.15, 0.2) is 5.13 Å². The summed E-state index contributed by atoms with van der Waals surface area (Å²) < 4.78 is 5.54. The first kappa shape index (κ1) is 16.6. The van der Waals surface area contributed by atoms with Crippen LogP contribution in [0.3, 0.4) is 0 Å². The Balaban J connectivity index is 1.32. The molecular formula is C19H13N3O2S3. The van der Waals surface area contributed by atoms with Crippen molar-refractivity contribution in [3.05, 3.63) is 57.0 Å². The lowest BCUT2D eigenvalue weighted by Gasteiger charge is -2.01. The second kappa shape index (κ2) is 6.88. The highest BCUT2D eigenvalue weighted by Crippen LogP contribution is 2.32. The van der Waals surface area contributed by atoms with Crippen LogP contribution in [0.1, 0.15) is 16.1 Å². The topological polar surface area (TPSA) is 64.1 Å². The van der Waals surface area contributed by atoms with Gasteiger partial charge in [0.25, 0.3) is 5.91 Å². The number of hydrogen-bond acceptors (Lipinski definition) is 7. The predicted molar refractivity (Wildman–Crippen MR) is 110 cm³/mol. The van der Waals surface area contributed by atoms with Crippen molar-refractivity contribution in [3.8, 4) is 27.6 Å². The summed E-state index contributed by atoms with van der Waals surface area (Å²) in [6, 6.07) is 8.09. The molecule has 27 heavy (non-hydrogen) atoms. The number of thiophene rings is 1. The van der Waals surface area contributed by atoms with Crippen LogP contribution < -0.4 is 10.1 Å². The molecule has 5 nitrogen and oxygen atoms in total. The molecule has 3 aromatic heterocycles. The molecule has 0 saturated carbocycles. The van der Waals surface area contributed by atoms with Crippen LogP contribution in [0.15, 0.2) is 45.8 Å². The molecule has 1 aliphatic heterocycles. The summed E-state index contributed by atoms with van der Waals surface area (Å²) in [5, 5.41) is 12.0. The van der Waals surface area contributed by atoms with Gasteiger partial charge in [0.05, 0.1) is 12.3 Å². The number of hydrogen-bond donors (Lipinski definition) is 1. The van der Waals surface area contributed by atoms with E-state index in [2.05, 4.69) is 21.4 Å². The number of thiazole rings is 2. The lowest BCUT2D eigenvalue weighted by molar-refractivity contribution is 0.102. The van der Waals surface area contributed by atoms with Crippen molar-refractivity contribution in [2.45, 2.75) is 6.42 Å². The summed E-state index contributed by atoms with van der Waals surface area (Å²) in [5.41, 5.74) is 4.54. The first-order valence-electron chi connectivity index (χ1n) is 8.27. The summed E-state index contributed by atoms with van der Waals surface area (Å²) in [7, 11) is 0. The minimum Gasteiger partial charge on any atom is -0.493 e. The highest BCUT2D eigenvalue weighted by Gasteiger charge is 2.16. The van der Waals surface area contributed by atoms with Gasteiger partial charge in [-0.15, -0.1) is 22.7 Å². The smallest absolute Gasteiger partial charge is 0.276 e. The minimum atomic E-state index is -0.240. The molecule has 0 aliphatic carbocycles. The second-order valence-electron chi connectivity index (χ2n) is 5.96. The molecule has 8 heteroatoms. The normalized spacial score (nSPS) is 12.6. The Hall–Kier alpha value is -2.55. The molecule has 0 radical (unpaired) electrons. The number of anilines is 1. The van der Waals surface area contributed by atoms with Crippen LogP contribution in [0, 0.1) is 0 Å². The van der Waals surface area contributed by atoms with E-state index in [1.807, 2.05) is 34.3 Å². The summed E-state index contributed by atoms with van der Waals surface area (Å²) >= 11 is 4.49. The molecule has 0 atom stereocenters. The average Bonchev–Trinajstić information content (AvgIpc) is 3.47. The highest BCUT2D eigenvalue weighted by atomic mass is 32.1. The Labute approximate surface area is 167 Å². The van der Waals surface area contributed by atoms with E-state index in [1.54, 1.807) is 16.7 Å². The van der Waals surface area contributed by atoms with Gasteiger partial charge in [0.1, 0.15) is 16.5 Å². The van der Waals surface area contributed by atoms with E-state index in [4.69, 9.17) is 4.74 Å². The van der Waals surface area contributed by atoms with Gasteiger partial charge in [-0.3, -0.25) is 10.1 Å². The van der Waals surface area contributed by atoms with Crippen molar-refractivity contribution in [3.63, 3.8) is 0 Å². The quantitative estimate of drug-likeness (QED) is 0.502. The van der Waals surface area contributed by atoms with Gasteiger partial charge >= 0.3 is 0 Å². The fraction of sp³-hybridized carbons (Fsp3) is 0.105. The molecule has 1 aromatic carbocycles. The molecule has 0 bridgehead atoms. The highest BCUT2D eigenvalue weighted by molar-refractivity contribution is 7.14. The Morgan fingerprint density at radius 1 is 1.07 bits per heavy atom. The van der Waals surface area contributed by atoms with Crippen molar-refractivity contribution >= 4 is 45.0 Å². The van der Waals surface area contributed by atoms with Crippen molar-refractivity contribution in [1.82, 2.24) is 9.97 Å². The minimum absolute atomic E-state index is 0.240. The van der Waals surface area contributed by atoms with Crippen LogP contribution >= 0.6 is 34.0 Å². The number of nitrogens with zero attached hydrogens (tertiary/aromatic N) is 2. The lowest BCUT2D eigenvalue weighted by atomic mass is 10.1. The Bertz CT molecular complexity index is 1120. The fourth-order valence-corrected chi connectivity index (χ4v) is 5.09. The third kappa shape index (κ3) is 3.27. The molecule has 134 valence electrons. The second-order valence-corrected chi connectivity index (χ2v) is 8.46. The number of amides is 1. The third-order valence-electron chi connectivity index (χ3n) is 4.21. The third-order valence-corrected chi connectivity index (χ3v) is 6.55. The van der Waals surface area contributed by atoms with E-state index in [1.165, 1.54) is 28.2 Å². The van der Waals surface area contributed by atoms with Gasteiger partial charge < -0.3 is 4.74 Å². The largest absolute Gasteiger partial charge is 0.493 e. The monoisotopic (exact) mass is 411 g/mol. The van der Waals surface area contributed by atoms with Crippen molar-refractivity contribution in [2.24, 2.45) is 0 Å². The van der Waals surface area contributed by atoms with E-state index in [9.17, 15) is 4.79 Å². The number of fused-ring (bicyclic) bond motifs is 1. The summed E-state index contributed by atoms with van der Waals surface area (Å²) in [5.74, 6) is 0.712. The Morgan fingerprint density at radius 3 is 2.93 bits per heavy atom. The summed E-state index contributed by atoms with van der Waals surface area (Å²) in [4.78, 5) is 21.5. The maximum atomic E-state index is 12.5.